The lowest BCUT2D eigenvalue weighted by atomic mass is 9.53. The molecule has 1 aromatic rings. The van der Waals surface area contributed by atoms with E-state index in [2.05, 4.69) is 6.58 Å². The third-order valence-corrected chi connectivity index (χ3v) is 7.24. The van der Waals surface area contributed by atoms with Gasteiger partial charge in [0.1, 0.15) is 0 Å². The van der Waals surface area contributed by atoms with Crippen molar-refractivity contribution in [3.05, 3.63) is 42.5 Å². The molecule has 3 aliphatic rings. The summed E-state index contributed by atoms with van der Waals surface area (Å²) in [5.41, 5.74) is 1.53. The number of hydrogen-bond acceptors (Lipinski definition) is 3. The van der Waals surface area contributed by atoms with Gasteiger partial charge in [0.25, 0.3) is 10.1 Å². The number of rotatable bonds is 6. The van der Waals surface area contributed by atoms with Crippen LogP contribution >= 0.6 is 0 Å². The van der Waals surface area contributed by atoms with E-state index < -0.39 is 10.1 Å². The van der Waals surface area contributed by atoms with Crippen LogP contribution in [0, 0.1) is 17.8 Å². The normalized spacial score (nSPS) is 30.3. The Bertz CT molecular complexity index is 649. The zero-order valence-corrected chi connectivity index (χ0v) is 14.7. The van der Waals surface area contributed by atoms with Crippen LogP contribution in [-0.4, -0.2) is 15.0 Å². The Morgan fingerprint density at radius 2 is 1.57 bits per heavy atom. The SMILES string of the molecule is C=CCC12CCC(COS(=O)(=O)c3ccc(C)cc3)(CC1)CC2. The molecule has 126 valence electrons. The van der Waals surface area contributed by atoms with Gasteiger partial charge in [0.2, 0.25) is 0 Å². The second-order valence-corrected chi connectivity index (χ2v) is 9.14. The number of aryl methyl sites for hydroxylation is 1. The van der Waals surface area contributed by atoms with Crippen molar-refractivity contribution < 1.29 is 12.6 Å². The summed E-state index contributed by atoms with van der Waals surface area (Å²) in [5.74, 6) is 0. The third kappa shape index (κ3) is 3.38. The number of hydrogen-bond donors (Lipinski definition) is 0. The number of fused-ring (bicyclic) bond motifs is 3. The maximum absolute atomic E-state index is 12.4. The van der Waals surface area contributed by atoms with Gasteiger partial charge in [-0.2, -0.15) is 8.42 Å². The Kier molecular flexibility index (Phi) is 4.41. The van der Waals surface area contributed by atoms with Crippen molar-refractivity contribution in [1.82, 2.24) is 0 Å². The second kappa shape index (κ2) is 6.06. The van der Waals surface area contributed by atoms with Crippen molar-refractivity contribution in [3.8, 4) is 0 Å². The minimum Gasteiger partial charge on any atom is -0.266 e. The molecule has 3 nitrogen and oxygen atoms in total. The fourth-order valence-electron chi connectivity index (χ4n) is 4.15. The lowest BCUT2D eigenvalue weighted by Crippen LogP contribution is -2.44. The summed E-state index contributed by atoms with van der Waals surface area (Å²) in [6.07, 6.45) is 9.87. The Labute approximate surface area is 139 Å². The molecule has 0 N–H and O–H groups in total. The van der Waals surface area contributed by atoms with E-state index in [0.29, 0.717) is 12.0 Å². The quantitative estimate of drug-likeness (QED) is 0.563. The minimum absolute atomic E-state index is 0.0562. The molecule has 0 heterocycles. The predicted octanol–water partition coefficient (Wildman–Crippen LogP) is 4.62. The molecule has 4 heteroatoms. The van der Waals surface area contributed by atoms with E-state index in [1.807, 2.05) is 13.0 Å². The van der Waals surface area contributed by atoms with Crippen molar-refractivity contribution in [2.75, 3.05) is 6.61 Å². The Balaban J connectivity index is 1.65. The molecule has 3 saturated carbocycles. The summed E-state index contributed by atoms with van der Waals surface area (Å²) < 4.78 is 30.2. The second-order valence-electron chi connectivity index (χ2n) is 7.52. The van der Waals surface area contributed by atoms with Crippen LogP contribution in [0.3, 0.4) is 0 Å². The van der Waals surface area contributed by atoms with Crippen LogP contribution < -0.4 is 0 Å². The first-order valence-electron chi connectivity index (χ1n) is 8.46. The molecule has 0 amide bonds. The molecule has 0 radical (unpaired) electrons. The van der Waals surface area contributed by atoms with Crippen molar-refractivity contribution in [1.29, 1.82) is 0 Å². The van der Waals surface area contributed by atoms with Crippen molar-refractivity contribution in [3.63, 3.8) is 0 Å². The largest absolute Gasteiger partial charge is 0.296 e. The average molecular weight is 334 g/mol. The van der Waals surface area contributed by atoms with Crippen LogP contribution in [0.1, 0.15) is 50.5 Å². The smallest absolute Gasteiger partial charge is 0.266 e. The molecule has 0 saturated heterocycles. The molecule has 4 rings (SSSR count). The first-order valence-corrected chi connectivity index (χ1v) is 9.87. The van der Waals surface area contributed by atoms with Gasteiger partial charge < -0.3 is 0 Å². The predicted molar refractivity (Wildman–Crippen MR) is 91.7 cm³/mol. The first kappa shape index (κ1) is 16.7. The van der Waals surface area contributed by atoms with Gasteiger partial charge in [-0.1, -0.05) is 23.8 Å². The van der Waals surface area contributed by atoms with Crippen LogP contribution in [0.2, 0.25) is 0 Å². The van der Waals surface area contributed by atoms with Crippen LogP contribution in [0.4, 0.5) is 0 Å². The standard InChI is InChI=1S/C19H26O3S/c1-3-8-18-9-12-19(13-10-18,14-11-18)15-22-23(20,21)17-6-4-16(2)5-7-17/h3-7H,1,8-15H2,2H3. The average Bonchev–Trinajstić information content (AvgIpc) is 2.56. The van der Waals surface area contributed by atoms with Gasteiger partial charge in [-0.25, -0.2) is 0 Å². The van der Waals surface area contributed by atoms with E-state index in [4.69, 9.17) is 4.18 Å². The van der Waals surface area contributed by atoms with E-state index in [0.717, 1.165) is 31.2 Å². The molecule has 0 unspecified atom stereocenters. The zero-order valence-electron chi connectivity index (χ0n) is 13.9. The Morgan fingerprint density at radius 1 is 1.04 bits per heavy atom. The van der Waals surface area contributed by atoms with Crippen LogP contribution in [-0.2, 0) is 14.3 Å². The van der Waals surface area contributed by atoms with Gasteiger partial charge >= 0.3 is 0 Å². The maximum Gasteiger partial charge on any atom is 0.296 e. The number of allylic oxidation sites excluding steroid dienone is 1. The van der Waals surface area contributed by atoms with E-state index in [1.54, 1.807) is 24.3 Å². The summed E-state index contributed by atoms with van der Waals surface area (Å²) >= 11 is 0. The fraction of sp³-hybridized carbons (Fsp3) is 0.579. The van der Waals surface area contributed by atoms with Gasteiger partial charge in [-0.05, 0) is 74.8 Å². The van der Waals surface area contributed by atoms with Gasteiger partial charge in [-0.15, -0.1) is 6.58 Å². The van der Waals surface area contributed by atoms with Crippen molar-refractivity contribution >= 4 is 10.1 Å². The highest BCUT2D eigenvalue weighted by molar-refractivity contribution is 7.86. The van der Waals surface area contributed by atoms with Crippen LogP contribution in [0.15, 0.2) is 41.8 Å². The molecule has 0 spiro atoms. The van der Waals surface area contributed by atoms with E-state index in [1.165, 1.54) is 19.3 Å². The third-order valence-electron chi connectivity index (χ3n) is 5.96. The highest BCUT2D eigenvalue weighted by atomic mass is 32.2. The molecule has 1 aromatic carbocycles. The van der Waals surface area contributed by atoms with Crippen LogP contribution in [0.25, 0.3) is 0 Å². The molecule has 0 aliphatic heterocycles. The summed E-state index contributed by atoms with van der Waals surface area (Å²) in [6, 6.07) is 6.86. The molecule has 0 aromatic heterocycles. The molecular weight excluding hydrogens is 308 g/mol. The molecule has 23 heavy (non-hydrogen) atoms. The number of benzene rings is 1. The highest BCUT2D eigenvalue weighted by Gasteiger charge is 2.48. The molecular formula is C19H26O3S. The van der Waals surface area contributed by atoms with Crippen molar-refractivity contribution in [2.24, 2.45) is 10.8 Å². The van der Waals surface area contributed by atoms with Gasteiger partial charge in [0.05, 0.1) is 11.5 Å². The summed E-state index contributed by atoms with van der Waals surface area (Å²) in [5, 5.41) is 0. The molecule has 2 bridgehead atoms. The molecule has 0 atom stereocenters. The summed E-state index contributed by atoms with van der Waals surface area (Å²) in [4.78, 5) is 0.257. The monoisotopic (exact) mass is 334 g/mol. The lowest BCUT2D eigenvalue weighted by molar-refractivity contribution is -0.0329. The Morgan fingerprint density at radius 3 is 2.09 bits per heavy atom. The fourth-order valence-corrected chi connectivity index (χ4v) is 5.16. The highest BCUT2D eigenvalue weighted by Crippen LogP contribution is 2.58. The van der Waals surface area contributed by atoms with Gasteiger partial charge in [-0.3, -0.25) is 4.18 Å². The molecule has 3 fully saturated rings. The lowest BCUT2D eigenvalue weighted by Gasteiger charge is -2.53. The maximum atomic E-state index is 12.4. The topological polar surface area (TPSA) is 43.4 Å². The van der Waals surface area contributed by atoms with Gasteiger partial charge in [0.15, 0.2) is 0 Å². The Hall–Kier alpha value is -1.13. The van der Waals surface area contributed by atoms with E-state index in [-0.39, 0.29) is 10.3 Å². The van der Waals surface area contributed by atoms with E-state index >= 15 is 0 Å². The first-order chi connectivity index (χ1) is 10.9. The van der Waals surface area contributed by atoms with Crippen LogP contribution in [0.5, 0.6) is 0 Å². The molecule has 3 aliphatic carbocycles. The van der Waals surface area contributed by atoms with E-state index in [9.17, 15) is 8.42 Å². The zero-order chi connectivity index (χ0) is 16.6. The summed E-state index contributed by atoms with van der Waals surface area (Å²) in [6.45, 7) is 6.15. The van der Waals surface area contributed by atoms with Crippen molar-refractivity contribution in [2.45, 2.75) is 56.8 Å². The summed E-state index contributed by atoms with van der Waals surface area (Å²) in [7, 11) is -3.65. The van der Waals surface area contributed by atoms with Gasteiger partial charge in [0, 0.05) is 0 Å². The minimum atomic E-state index is -3.65.